The first-order valence-electron chi connectivity index (χ1n) is 8.53. The molecule has 0 unspecified atom stereocenters. The van der Waals surface area contributed by atoms with Gasteiger partial charge in [-0.05, 0) is 42.5 Å². The van der Waals surface area contributed by atoms with Gasteiger partial charge in [0.25, 0.3) is 0 Å². The van der Waals surface area contributed by atoms with Crippen LogP contribution in [0.1, 0.15) is 44.6 Å². The number of nitrogens with one attached hydrogen (secondary N) is 2. The summed E-state index contributed by atoms with van der Waals surface area (Å²) in [5.41, 5.74) is 1.71. The molecule has 1 aromatic rings. The molecule has 1 aliphatic carbocycles. The van der Waals surface area contributed by atoms with Gasteiger partial charge >= 0.3 is 11.8 Å². The van der Waals surface area contributed by atoms with Crippen molar-refractivity contribution in [2.45, 2.75) is 51.5 Å². The van der Waals surface area contributed by atoms with Crippen molar-refractivity contribution >= 4 is 17.5 Å². The lowest BCUT2D eigenvalue weighted by atomic mass is 9.84. The van der Waals surface area contributed by atoms with Gasteiger partial charge < -0.3 is 15.4 Å². The largest absolute Gasteiger partial charge is 0.493 e. The molecule has 0 saturated heterocycles. The van der Waals surface area contributed by atoms with E-state index < -0.39 is 11.8 Å². The zero-order valence-electron chi connectivity index (χ0n) is 13.6. The Bertz CT molecular complexity index is 600. The minimum absolute atomic E-state index is 0.125. The predicted molar refractivity (Wildman–Crippen MR) is 88.5 cm³/mol. The van der Waals surface area contributed by atoms with Crippen molar-refractivity contribution in [2.75, 3.05) is 11.9 Å². The van der Waals surface area contributed by atoms with Gasteiger partial charge in [0.1, 0.15) is 5.75 Å². The van der Waals surface area contributed by atoms with Gasteiger partial charge in [-0.25, -0.2) is 0 Å². The number of amides is 2. The average Bonchev–Trinajstić information content (AvgIpc) is 3.02. The smallest absolute Gasteiger partial charge is 0.313 e. The van der Waals surface area contributed by atoms with Gasteiger partial charge in [0.2, 0.25) is 0 Å². The maximum Gasteiger partial charge on any atom is 0.313 e. The number of carbonyl (C=O) groups excluding carboxylic acids is 2. The minimum atomic E-state index is -0.595. The van der Waals surface area contributed by atoms with E-state index in [1.807, 2.05) is 12.1 Å². The van der Waals surface area contributed by atoms with Crippen LogP contribution < -0.4 is 15.4 Å². The Balaban J connectivity index is 1.54. The van der Waals surface area contributed by atoms with E-state index in [0.717, 1.165) is 43.4 Å². The summed E-state index contributed by atoms with van der Waals surface area (Å²) >= 11 is 0. The van der Waals surface area contributed by atoms with E-state index >= 15 is 0 Å². The first-order chi connectivity index (χ1) is 11.2. The lowest BCUT2D eigenvalue weighted by Gasteiger charge is -2.28. The van der Waals surface area contributed by atoms with Gasteiger partial charge in [-0.1, -0.05) is 26.2 Å². The van der Waals surface area contributed by atoms with Crippen LogP contribution in [-0.4, -0.2) is 24.5 Å². The predicted octanol–water partition coefficient (Wildman–Crippen LogP) is 2.65. The lowest BCUT2D eigenvalue weighted by Crippen LogP contribution is -2.43. The van der Waals surface area contributed by atoms with Gasteiger partial charge in [0.15, 0.2) is 0 Å². The van der Waals surface area contributed by atoms with Gasteiger partial charge in [-0.3, -0.25) is 9.59 Å². The zero-order valence-corrected chi connectivity index (χ0v) is 13.6. The van der Waals surface area contributed by atoms with Gasteiger partial charge in [-0.15, -0.1) is 0 Å². The van der Waals surface area contributed by atoms with E-state index in [1.54, 1.807) is 6.07 Å². The summed E-state index contributed by atoms with van der Waals surface area (Å²) in [5, 5.41) is 5.56. The highest BCUT2D eigenvalue weighted by Gasteiger charge is 2.24. The molecule has 2 N–H and O–H groups in total. The van der Waals surface area contributed by atoms with E-state index in [-0.39, 0.29) is 6.04 Å². The zero-order chi connectivity index (χ0) is 16.2. The molecule has 124 valence electrons. The quantitative estimate of drug-likeness (QED) is 0.843. The number of anilines is 1. The molecule has 5 heteroatoms. The summed E-state index contributed by atoms with van der Waals surface area (Å²) in [4.78, 5) is 24.2. The van der Waals surface area contributed by atoms with Crippen molar-refractivity contribution in [3.8, 4) is 5.75 Å². The molecule has 23 heavy (non-hydrogen) atoms. The number of hydrogen-bond acceptors (Lipinski definition) is 3. The molecule has 5 nitrogen and oxygen atoms in total. The third-order valence-corrected chi connectivity index (χ3v) is 4.85. The van der Waals surface area contributed by atoms with E-state index in [1.165, 1.54) is 6.42 Å². The van der Waals surface area contributed by atoms with E-state index in [4.69, 9.17) is 4.74 Å². The second-order valence-electron chi connectivity index (χ2n) is 6.49. The Labute approximate surface area is 136 Å². The van der Waals surface area contributed by atoms with Crippen LogP contribution in [0.3, 0.4) is 0 Å². The molecular formula is C18H24N2O3. The third-order valence-electron chi connectivity index (χ3n) is 4.85. The van der Waals surface area contributed by atoms with Crippen LogP contribution in [0.5, 0.6) is 5.75 Å². The van der Waals surface area contributed by atoms with Crippen LogP contribution in [0.2, 0.25) is 0 Å². The fraction of sp³-hybridized carbons (Fsp3) is 0.556. The highest BCUT2D eigenvalue weighted by atomic mass is 16.5. The summed E-state index contributed by atoms with van der Waals surface area (Å²) in [6.45, 7) is 2.85. The first kappa shape index (κ1) is 15.8. The number of benzene rings is 1. The Morgan fingerprint density at radius 2 is 2.13 bits per heavy atom. The van der Waals surface area contributed by atoms with Crippen molar-refractivity contribution in [1.29, 1.82) is 0 Å². The number of hydrogen-bond donors (Lipinski definition) is 2. The van der Waals surface area contributed by atoms with Crippen molar-refractivity contribution in [1.82, 2.24) is 5.32 Å². The molecule has 3 rings (SSSR count). The maximum atomic E-state index is 12.1. The molecule has 1 aromatic carbocycles. The van der Waals surface area contributed by atoms with Crippen molar-refractivity contribution < 1.29 is 14.3 Å². The molecule has 1 heterocycles. The summed E-state index contributed by atoms with van der Waals surface area (Å²) in [6.07, 6.45) is 6.26. The molecule has 1 aliphatic heterocycles. The molecule has 2 atom stereocenters. The van der Waals surface area contributed by atoms with Crippen LogP contribution in [0, 0.1) is 5.92 Å². The number of carbonyl (C=O) groups is 2. The summed E-state index contributed by atoms with van der Waals surface area (Å²) in [5.74, 6) is 0.389. The molecule has 2 aliphatic rings. The number of ether oxygens (including phenoxy) is 1. The van der Waals surface area contributed by atoms with Crippen LogP contribution >= 0.6 is 0 Å². The second-order valence-corrected chi connectivity index (χ2v) is 6.49. The van der Waals surface area contributed by atoms with Crippen LogP contribution in [0.4, 0.5) is 5.69 Å². The van der Waals surface area contributed by atoms with E-state index in [9.17, 15) is 9.59 Å². The molecule has 0 radical (unpaired) electrons. The number of rotatable bonds is 3. The first-order valence-corrected chi connectivity index (χ1v) is 8.53. The topological polar surface area (TPSA) is 67.4 Å². The molecule has 0 aromatic heterocycles. The third kappa shape index (κ3) is 3.84. The normalized spacial score (nSPS) is 22.8. The van der Waals surface area contributed by atoms with Gasteiger partial charge in [0.05, 0.1) is 6.61 Å². The van der Waals surface area contributed by atoms with Gasteiger partial charge in [0, 0.05) is 18.2 Å². The fourth-order valence-electron chi connectivity index (χ4n) is 3.50. The highest BCUT2D eigenvalue weighted by molar-refractivity contribution is 6.39. The standard InChI is InChI=1S/C18H24N2O3/c1-2-12-4-3-5-14(10-12)19-17(21)18(22)20-15-6-7-16-13(11-15)8-9-23-16/h6-7,11-12,14H,2-5,8-10H2,1H3,(H,19,21)(H,20,22)/t12-,14-/m1/s1. The minimum Gasteiger partial charge on any atom is -0.493 e. The Kier molecular flexibility index (Phi) is 4.84. The Morgan fingerprint density at radius 1 is 1.26 bits per heavy atom. The molecule has 2 amide bonds. The monoisotopic (exact) mass is 316 g/mol. The maximum absolute atomic E-state index is 12.1. The fourth-order valence-corrected chi connectivity index (χ4v) is 3.50. The summed E-state index contributed by atoms with van der Waals surface area (Å²) in [7, 11) is 0. The van der Waals surface area contributed by atoms with Crippen LogP contribution in [-0.2, 0) is 16.0 Å². The molecular weight excluding hydrogens is 292 g/mol. The van der Waals surface area contributed by atoms with Gasteiger partial charge in [-0.2, -0.15) is 0 Å². The summed E-state index contributed by atoms with van der Waals surface area (Å²) in [6, 6.07) is 5.60. The van der Waals surface area contributed by atoms with Crippen molar-refractivity contribution in [3.63, 3.8) is 0 Å². The average molecular weight is 316 g/mol. The number of fused-ring (bicyclic) bond motifs is 1. The molecule has 1 saturated carbocycles. The molecule has 0 bridgehead atoms. The van der Waals surface area contributed by atoms with Crippen LogP contribution in [0.25, 0.3) is 0 Å². The van der Waals surface area contributed by atoms with Crippen molar-refractivity contribution in [3.05, 3.63) is 23.8 Å². The van der Waals surface area contributed by atoms with E-state index in [0.29, 0.717) is 18.2 Å². The Morgan fingerprint density at radius 3 is 2.96 bits per heavy atom. The second kappa shape index (κ2) is 7.02. The lowest BCUT2D eigenvalue weighted by molar-refractivity contribution is -0.136. The van der Waals surface area contributed by atoms with Crippen molar-refractivity contribution in [2.24, 2.45) is 5.92 Å². The highest BCUT2D eigenvalue weighted by Crippen LogP contribution is 2.28. The SMILES string of the molecule is CC[C@@H]1CCC[C@@H](NC(=O)C(=O)Nc2ccc3c(c2)CCO3)C1. The molecule has 0 spiro atoms. The summed E-state index contributed by atoms with van der Waals surface area (Å²) < 4.78 is 5.44. The Hall–Kier alpha value is -2.04. The molecule has 1 fully saturated rings. The van der Waals surface area contributed by atoms with E-state index in [2.05, 4.69) is 17.6 Å². The van der Waals surface area contributed by atoms with Crippen LogP contribution in [0.15, 0.2) is 18.2 Å².